The van der Waals surface area contributed by atoms with Gasteiger partial charge >= 0.3 is 0 Å². The number of nitrogens with one attached hydrogen (secondary N) is 1. The largest absolute Gasteiger partial charge is 0.314 e. The van der Waals surface area contributed by atoms with E-state index in [1.165, 1.54) is 51.5 Å². The molecule has 1 N–H and O–H groups in total. The molecule has 1 nitrogen and oxygen atoms in total. The Kier molecular flexibility index (Phi) is 6.31. The van der Waals surface area contributed by atoms with Gasteiger partial charge in [-0.1, -0.05) is 40.0 Å². The summed E-state index contributed by atoms with van der Waals surface area (Å²) in [5.41, 5.74) is 0. The van der Waals surface area contributed by atoms with Crippen molar-refractivity contribution in [3.8, 4) is 0 Å². The molecule has 1 heteroatoms. The van der Waals surface area contributed by atoms with E-state index in [-0.39, 0.29) is 0 Å². The van der Waals surface area contributed by atoms with Gasteiger partial charge in [0.05, 0.1) is 0 Å². The fourth-order valence-corrected chi connectivity index (χ4v) is 2.89. The second-order valence-corrected chi connectivity index (χ2v) is 5.39. The van der Waals surface area contributed by atoms with E-state index in [1.807, 2.05) is 0 Å². The van der Waals surface area contributed by atoms with E-state index in [0.29, 0.717) is 0 Å². The molecule has 0 aromatic rings. The highest BCUT2D eigenvalue weighted by Gasteiger charge is 2.18. The Morgan fingerprint density at radius 3 is 2.53 bits per heavy atom. The number of hydrogen-bond donors (Lipinski definition) is 1. The van der Waals surface area contributed by atoms with Gasteiger partial charge in [-0.15, -0.1) is 0 Å². The molecule has 2 atom stereocenters. The van der Waals surface area contributed by atoms with Gasteiger partial charge in [-0.2, -0.15) is 0 Å². The van der Waals surface area contributed by atoms with Crippen molar-refractivity contribution in [1.82, 2.24) is 5.32 Å². The van der Waals surface area contributed by atoms with Crippen molar-refractivity contribution in [3.05, 3.63) is 0 Å². The molecular weight excluding hydrogens is 182 g/mol. The summed E-state index contributed by atoms with van der Waals surface area (Å²) in [6.07, 6.45) is 9.85. The van der Waals surface area contributed by atoms with Gasteiger partial charge in [-0.3, -0.25) is 0 Å². The SMILES string of the molecule is CCC(CC)NCCC1CCCC(C)C1. The van der Waals surface area contributed by atoms with E-state index in [1.54, 1.807) is 0 Å². The van der Waals surface area contributed by atoms with Crippen molar-refractivity contribution >= 4 is 0 Å². The van der Waals surface area contributed by atoms with Gasteiger partial charge in [0, 0.05) is 6.04 Å². The maximum absolute atomic E-state index is 3.68. The average molecular weight is 211 g/mol. The molecule has 0 bridgehead atoms. The summed E-state index contributed by atoms with van der Waals surface area (Å²) in [7, 11) is 0. The molecule has 0 spiro atoms. The minimum Gasteiger partial charge on any atom is -0.314 e. The monoisotopic (exact) mass is 211 g/mol. The first-order valence-electron chi connectivity index (χ1n) is 6.99. The zero-order valence-corrected chi connectivity index (χ0v) is 10.9. The van der Waals surface area contributed by atoms with Crippen LogP contribution < -0.4 is 5.32 Å². The van der Waals surface area contributed by atoms with E-state index in [0.717, 1.165) is 17.9 Å². The maximum atomic E-state index is 3.68. The topological polar surface area (TPSA) is 12.0 Å². The lowest BCUT2D eigenvalue weighted by atomic mass is 9.81. The molecule has 0 aromatic carbocycles. The van der Waals surface area contributed by atoms with Gasteiger partial charge in [0.2, 0.25) is 0 Å². The van der Waals surface area contributed by atoms with Crippen molar-refractivity contribution < 1.29 is 0 Å². The van der Waals surface area contributed by atoms with Crippen LogP contribution >= 0.6 is 0 Å². The van der Waals surface area contributed by atoms with Gasteiger partial charge in [-0.05, 0) is 44.1 Å². The molecule has 0 aliphatic heterocycles. The van der Waals surface area contributed by atoms with Gasteiger partial charge in [0.25, 0.3) is 0 Å². The van der Waals surface area contributed by atoms with E-state index >= 15 is 0 Å². The molecule has 0 amide bonds. The molecule has 0 radical (unpaired) electrons. The molecule has 1 aliphatic carbocycles. The standard InChI is InChI=1S/C14H29N/c1-4-14(5-2)15-10-9-13-8-6-7-12(3)11-13/h12-15H,4-11H2,1-3H3. The molecule has 1 saturated carbocycles. The predicted octanol–water partition coefficient (Wildman–Crippen LogP) is 3.98. The smallest absolute Gasteiger partial charge is 0.00618 e. The van der Waals surface area contributed by atoms with E-state index in [9.17, 15) is 0 Å². The average Bonchev–Trinajstić information content (AvgIpc) is 2.25. The number of hydrogen-bond acceptors (Lipinski definition) is 1. The molecule has 1 aliphatic rings. The lowest BCUT2D eigenvalue weighted by molar-refractivity contribution is 0.264. The maximum Gasteiger partial charge on any atom is 0.00618 e. The third-order valence-electron chi connectivity index (χ3n) is 4.02. The summed E-state index contributed by atoms with van der Waals surface area (Å²) >= 11 is 0. The Labute approximate surface area is 96.0 Å². The van der Waals surface area contributed by atoms with Crippen molar-refractivity contribution in [2.45, 2.75) is 71.8 Å². The zero-order chi connectivity index (χ0) is 11.1. The third kappa shape index (κ3) is 5.01. The quantitative estimate of drug-likeness (QED) is 0.700. The highest BCUT2D eigenvalue weighted by atomic mass is 14.9. The van der Waals surface area contributed by atoms with Crippen LogP contribution in [0.1, 0.15) is 65.7 Å². The van der Waals surface area contributed by atoms with Crippen molar-refractivity contribution in [2.75, 3.05) is 6.54 Å². The van der Waals surface area contributed by atoms with Crippen molar-refractivity contribution in [1.29, 1.82) is 0 Å². The minimum atomic E-state index is 0.756. The van der Waals surface area contributed by atoms with Crippen LogP contribution in [0.25, 0.3) is 0 Å². The Morgan fingerprint density at radius 1 is 1.20 bits per heavy atom. The Bertz CT molecular complexity index is 151. The van der Waals surface area contributed by atoms with Crippen LogP contribution in [0, 0.1) is 11.8 Å². The summed E-state index contributed by atoms with van der Waals surface area (Å²) in [5.74, 6) is 1.99. The Morgan fingerprint density at radius 2 is 1.93 bits per heavy atom. The van der Waals surface area contributed by atoms with Crippen LogP contribution in [0.3, 0.4) is 0 Å². The highest BCUT2D eigenvalue weighted by molar-refractivity contribution is 4.72. The van der Waals surface area contributed by atoms with Crippen LogP contribution in [-0.2, 0) is 0 Å². The summed E-state index contributed by atoms with van der Waals surface area (Å²) in [4.78, 5) is 0. The van der Waals surface area contributed by atoms with E-state index in [4.69, 9.17) is 0 Å². The molecule has 1 rings (SSSR count). The number of rotatable bonds is 6. The van der Waals surface area contributed by atoms with E-state index < -0.39 is 0 Å². The van der Waals surface area contributed by atoms with Crippen LogP contribution in [0.4, 0.5) is 0 Å². The third-order valence-corrected chi connectivity index (χ3v) is 4.02. The van der Waals surface area contributed by atoms with Crippen molar-refractivity contribution in [3.63, 3.8) is 0 Å². The Balaban J connectivity index is 2.08. The molecule has 2 unspecified atom stereocenters. The molecule has 0 saturated heterocycles. The lowest BCUT2D eigenvalue weighted by Crippen LogP contribution is -2.30. The minimum absolute atomic E-state index is 0.756. The van der Waals surface area contributed by atoms with Crippen LogP contribution in [-0.4, -0.2) is 12.6 Å². The summed E-state index contributed by atoms with van der Waals surface area (Å²) in [6, 6.07) is 0.756. The van der Waals surface area contributed by atoms with Crippen LogP contribution in [0.15, 0.2) is 0 Å². The highest BCUT2D eigenvalue weighted by Crippen LogP contribution is 2.30. The molecule has 1 fully saturated rings. The molecule has 0 aromatic heterocycles. The predicted molar refractivity (Wildman–Crippen MR) is 68.1 cm³/mol. The molecular formula is C14H29N. The van der Waals surface area contributed by atoms with Gasteiger partial charge in [0.1, 0.15) is 0 Å². The molecule has 15 heavy (non-hydrogen) atoms. The first-order valence-corrected chi connectivity index (χ1v) is 6.99. The zero-order valence-electron chi connectivity index (χ0n) is 10.9. The first kappa shape index (κ1) is 13.0. The summed E-state index contributed by atoms with van der Waals surface area (Å²) in [5, 5.41) is 3.68. The van der Waals surface area contributed by atoms with Gasteiger partial charge < -0.3 is 5.32 Å². The second-order valence-electron chi connectivity index (χ2n) is 5.39. The van der Waals surface area contributed by atoms with Crippen LogP contribution in [0.2, 0.25) is 0 Å². The summed E-state index contributed by atoms with van der Waals surface area (Å²) in [6.45, 7) is 8.22. The van der Waals surface area contributed by atoms with Crippen LogP contribution in [0.5, 0.6) is 0 Å². The normalized spacial score (nSPS) is 27.2. The summed E-state index contributed by atoms with van der Waals surface area (Å²) < 4.78 is 0. The molecule has 90 valence electrons. The second kappa shape index (κ2) is 7.27. The fourth-order valence-electron chi connectivity index (χ4n) is 2.89. The first-order chi connectivity index (χ1) is 7.26. The van der Waals surface area contributed by atoms with E-state index in [2.05, 4.69) is 26.1 Å². The van der Waals surface area contributed by atoms with Gasteiger partial charge in [-0.25, -0.2) is 0 Å². The lowest BCUT2D eigenvalue weighted by Gasteiger charge is -2.27. The van der Waals surface area contributed by atoms with Crippen molar-refractivity contribution in [2.24, 2.45) is 11.8 Å². The van der Waals surface area contributed by atoms with Gasteiger partial charge in [0.15, 0.2) is 0 Å². The fraction of sp³-hybridized carbons (Fsp3) is 1.00. The molecule has 0 heterocycles. The Hall–Kier alpha value is -0.0400.